The molecule has 0 aromatic heterocycles. The van der Waals surface area contributed by atoms with Crippen molar-refractivity contribution in [3.63, 3.8) is 0 Å². The Morgan fingerprint density at radius 2 is 2.12 bits per heavy atom. The van der Waals surface area contributed by atoms with E-state index in [2.05, 4.69) is 11.0 Å². The molecule has 2 heterocycles. The van der Waals surface area contributed by atoms with Gasteiger partial charge < -0.3 is 20.1 Å². The molecule has 1 fully saturated rings. The quantitative estimate of drug-likeness (QED) is 0.776. The second-order valence-electron chi connectivity index (χ2n) is 4.39. The minimum Gasteiger partial charge on any atom is -0.454 e. The van der Waals surface area contributed by atoms with Gasteiger partial charge in [0.25, 0.3) is 0 Å². The van der Waals surface area contributed by atoms with Crippen molar-refractivity contribution in [3.8, 4) is 11.5 Å². The van der Waals surface area contributed by atoms with Crippen LogP contribution in [0.2, 0.25) is 0 Å². The van der Waals surface area contributed by atoms with Gasteiger partial charge in [0, 0.05) is 30.9 Å². The second-order valence-corrected chi connectivity index (χ2v) is 4.39. The Bertz CT molecular complexity index is 395. The van der Waals surface area contributed by atoms with Crippen molar-refractivity contribution in [2.24, 2.45) is 5.73 Å². The van der Waals surface area contributed by atoms with E-state index in [9.17, 15) is 0 Å². The Labute approximate surface area is 94.9 Å². The monoisotopic (exact) mass is 220 g/mol. The van der Waals surface area contributed by atoms with Gasteiger partial charge in [0.15, 0.2) is 11.5 Å². The van der Waals surface area contributed by atoms with Crippen LogP contribution in [-0.2, 0) is 0 Å². The summed E-state index contributed by atoms with van der Waals surface area (Å²) < 4.78 is 10.7. The highest BCUT2D eigenvalue weighted by Gasteiger charge is 2.20. The largest absolute Gasteiger partial charge is 0.454 e. The summed E-state index contributed by atoms with van der Waals surface area (Å²) in [5.41, 5.74) is 7.16. The molecule has 0 bridgehead atoms. The summed E-state index contributed by atoms with van der Waals surface area (Å²) in [5, 5.41) is 0. The van der Waals surface area contributed by atoms with Gasteiger partial charge in [-0.05, 0) is 25.0 Å². The van der Waals surface area contributed by atoms with E-state index in [4.69, 9.17) is 15.2 Å². The van der Waals surface area contributed by atoms with E-state index in [0.717, 1.165) is 37.4 Å². The predicted molar refractivity (Wildman–Crippen MR) is 62.0 cm³/mol. The number of ether oxygens (including phenoxy) is 2. The van der Waals surface area contributed by atoms with E-state index in [1.165, 1.54) is 5.69 Å². The average Bonchev–Trinajstić information content (AvgIpc) is 2.75. The number of anilines is 1. The molecule has 2 aliphatic heterocycles. The Balaban J connectivity index is 1.83. The Morgan fingerprint density at radius 1 is 1.25 bits per heavy atom. The van der Waals surface area contributed by atoms with Gasteiger partial charge in [-0.15, -0.1) is 0 Å². The SMILES string of the molecule is NC1CCCN(c2ccc3c(c2)OCO3)C1. The van der Waals surface area contributed by atoms with Crippen LogP contribution >= 0.6 is 0 Å². The van der Waals surface area contributed by atoms with Crippen molar-refractivity contribution in [3.05, 3.63) is 18.2 Å². The zero-order chi connectivity index (χ0) is 11.0. The zero-order valence-corrected chi connectivity index (χ0v) is 9.19. The lowest BCUT2D eigenvalue weighted by Crippen LogP contribution is -2.42. The molecule has 3 rings (SSSR count). The van der Waals surface area contributed by atoms with Gasteiger partial charge in [0.2, 0.25) is 6.79 Å². The van der Waals surface area contributed by atoms with E-state index >= 15 is 0 Å². The minimum absolute atomic E-state index is 0.291. The molecule has 86 valence electrons. The maximum absolute atomic E-state index is 5.98. The van der Waals surface area contributed by atoms with Gasteiger partial charge in [-0.1, -0.05) is 0 Å². The topological polar surface area (TPSA) is 47.7 Å². The van der Waals surface area contributed by atoms with Crippen LogP contribution in [0.4, 0.5) is 5.69 Å². The third-order valence-corrected chi connectivity index (χ3v) is 3.18. The molecule has 0 spiro atoms. The zero-order valence-electron chi connectivity index (χ0n) is 9.19. The Hall–Kier alpha value is -1.42. The molecule has 1 aromatic rings. The van der Waals surface area contributed by atoms with Gasteiger partial charge >= 0.3 is 0 Å². The molecule has 4 nitrogen and oxygen atoms in total. The molecule has 16 heavy (non-hydrogen) atoms. The number of fused-ring (bicyclic) bond motifs is 1. The lowest BCUT2D eigenvalue weighted by molar-refractivity contribution is 0.174. The summed E-state index contributed by atoms with van der Waals surface area (Å²) in [6, 6.07) is 6.38. The van der Waals surface area contributed by atoms with Crippen LogP contribution in [0.3, 0.4) is 0 Å². The third kappa shape index (κ3) is 1.69. The Morgan fingerprint density at radius 3 is 3.00 bits per heavy atom. The average molecular weight is 220 g/mol. The lowest BCUT2D eigenvalue weighted by atomic mass is 10.1. The maximum atomic E-state index is 5.98. The standard InChI is InChI=1S/C12H16N2O2/c13-9-2-1-5-14(7-9)10-3-4-11-12(6-10)16-8-15-11/h3-4,6,9H,1-2,5,7-8,13H2. The number of nitrogens with two attached hydrogens (primary N) is 1. The molecule has 2 N–H and O–H groups in total. The summed E-state index contributed by atoms with van der Waals surface area (Å²) in [6.45, 7) is 2.34. The molecule has 1 saturated heterocycles. The van der Waals surface area contributed by atoms with E-state index < -0.39 is 0 Å². The summed E-state index contributed by atoms with van der Waals surface area (Å²) in [5.74, 6) is 1.68. The first-order valence-electron chi connectivity index (χ1n) is 5.73. The van der Waals surface area contributed by atoms with Crippen molar-refractivity contribution >= 4 is 5.69 Å². The number of nitrogens with zero attached hydrogens (tertiary/aromatic N) is 1. The molecule has 0 saturated carbocycles. The first kappa shape index (κ1) is 9.78. The summed E-state index contributed by atoms with van der Waals surface area (Å²) in [4.78, 5) is 2.32. The molecule has 0 aliphatic carbocycles. The first-order chi connectivity index (χ1) is 7.83. The molecular weight excluding hydrogens is 204 g/mol. The third-order valence-electron chi connectivity index (χ3n) is 3.18. The number of benzene rings is 1. The highest BCUT2D eigenvalue weighted by atomic mass is 16.7. The van der Waals surface area contributed by atoms with Gasteiger partial charge in [-0.25, -0.2) is 0 Å². The van der Waals surface area contributed by atoms with Gasteiger partial charge in [-0.2, -0.15) is 0 Å². The second kappa shape index (κ2) is 3.87. The van der Waals surface area contributed by atoms with Crippen LogP contribution in [0.5, 0.6) is 11.5 Å². The predicted octanol–water partition coefficient (Wildman–Crippen LogP) is 1.34. The molecule has 1 aromatic carbocycles. The van der Waals surface area contributed by atoms with E-state index in [1.807, 2.05) is 12.1 Å². The number of rotatable bonds is 1. The van der Waals surface area contributed by atoms with Crippen molar-refractivity contribution in [2.75, 3.05) is 24.8 Å². The van der Waals surface area contributed by atoms with Crippen LogP contribution < -0.4 is 20.1 Å². The van der Waals surface area contributed by atoms with Crippen LogP contribution in [-0.4, -0.2) is 25.9 Å². The van der Waals surface area contributed by atoms with Crippen LogP contribution in [0.1, 0.15) is 12.8 Å². The van der Waals surface area contributed by atoms with E-state index in [-0.39, 0.29) is 0 Å². The summed E-state index contributed by atoms with van der Waals surface area (Å²) in [7, 11) is 0. The number of hydrogen-bond donors (Lipinski definition) is 1. The van der Waals surface area contributed by atoms with Gasteiger partial charge in [0.05, 0.1) is 0 Å². The number of hydrogen-bond acceptors (Lipinski definition) is 4. The fourth-order valence-corrected chi connectivity index (χ4v) is 2.33. The van der Waals surface area contributed by atoms with Gasteiger partial charge in [-0.3, -0.25) is 0 Å². The normalized spacial score (nSPS) is 23.6. The van der Waals surface area contributed by atoms with Crippen LogP contribution in [0.25, 0.3) is 0 Å². The van der Waals surface area contributed by atoms with Crippen molar-refractivity contribution in [1.29, 1.82) is 0 Å². The fourth-order valence-electron chi connectivity index (χ4n) is 2.33. The highest BCUT2D eigenvalue weighted by Crippen LogP contribution is 2.35. The van der Waals surface area contributed by atoms with Gasteiger partial charge in [0.1, 0.15) is 0 Å². The van der Waals surface area contributed by atoms with E-state index in [1.54, 1.807) is 0 Å². The highest BCUT2D eigenvalue weighted by molar-refractivity contribution is 5.57. The van der Waals surface area contributed by atoms with Crippen molar-refractivity contribution in [1.82, 2.24) is 0 Å². The first-order valence-corrected chi connectivity index (χ1v) is 5.73. The summed E-state index contributed by atoms with van der Waals surface area (Å²) in [6.07, 6.45) is 2.29. The lowest BCUT2D eigenvalue weighted by Gasteiger charge is -2.32. The molecule has 2 aliphatic rings. The van der Waals surface area contributed by atoms with Crippen LogP contribution in [0.15, 0.2) is 18.2 Å². The van der Waals surface area contributed by atoms with E-state index in [0.29, 0.717) is 12.8 Å². The Kier molecular flexibility index (Phi) is 2.36. The molecule has 4 heteroatoms. The summed E-state index contributed by atoms with van der Waals surface area (Å²) >= 11 is 0. The molecule has 1 atom stereocenters. The van der Waals surface area contributed by atoms with Crippen molar-refractivity contribution < 1.29 is 9.47 Å². The maximum Gasteiger partial charge on any atom is 0.231 e. The fraction of sp³-hybridized carbons (Fsp3) is 0.500. The molecule has 1 unspecified atom stereocenters. The van der Waals surface area contributed by atoms with Crippen molar-refractivity contribution in [2.45, 2.75) is 18.9 Å². The molecule has 0 amide bonds. The van der Waals surface area contributed by atoms with Crippen LogP contribution in [0, 0.1) is 0 Å². The smallest absolute Gasteiger partial charge is 0.231 e. The minimum atomic E-state index is 0.291. The molecule has 0 radical (unpaired) electrons. The number of piperidine rings is 1. The molecular formula is C12H16N2O2.